The fourth-order valence-electron chi connectivity index (χ4n) is 8.71. The second kappa shape index (κ2) is 52.5. The standard InChI is InChI=1S/C57H110NO10P/c1-3-5-7-9-11-13-15-17-19-21-23-25-27-29-31-33-35-37-39-41-43-45-47-49-56(60)68-53(51-66-69(63,64)67-52-54(58)57(61)62)50-65-55(59)48-46-44-42-40-38-36-34-32-30-28-26-24-22-20-18-16-14-12-10-8-6-4-2/h21,23,53-54H,3-20,22,24-52,58H2,1-2H3,(H,61,62)(H,63,64)/b23-21-. The Morgan fingerprint density at radius 1 is 0.435 bits per heavy atom. The van der Waals surface area contributed by atoms with Crippen LogP contribution in [0.2, 0.25) is 0 Å². The van der Waals surface area contributed by atoms with Crippen molar-refractivity contribution in [3.8, 4) is 0 Å². The molecule has 0 aliphatic heterocycles. The number of hydrogen-bond acceptors (Lipinski definition) is 9. The van der Waals surface area contributed by atoms with E-state index >= 15 is 0 Å². The van der Waals surface area contributed by atoms with Crippen molar-refractivity contribution in [1.82, 2.24) is 0 Å². The SMILES string of the molecule is CCCCCCCCCC/C=C\CCCCCCCCCCCCCC(=O)OC(COC(=O)CCCCCCCCCCCCCCCCCCCCCCCC)COP(=O)(O)OCC(N)C(=O)O. The fourth-order valence-corrected chi connectivity index (χ4v) is 9.49. The number of carboxylic acid groups (broad SMARTS) is 1. The number of carbonyl (C=O) groups is 3. The Kier molecular flexibility index (Phi) is 51.2. The summed E-state index contributed by atoms with van der Waals surface area (Å²) in [7, 11) is -4.72. The number of hydrogen-bond donors (Lipinski definition) is 3. The van der Waals surface area contributed by atoms with Crippen LogP contribution >= 0.6 is 7.82 Å². The van der Waals surface area contributed by atoms with Crippen LogP contribution in [0.1, 0.15) is 303 Å². The Bertz CT molecular complexity index is 1220. The van der Waals surface area contributed by atoms with Crippen LogP contribution in [-0.4, -0.2) is 59.9 Å². The van der Waals surface area contributed by atoms with Gasteiger partial charge >= 0.3 is 25.7 Å². The largest absolute Gasteiger partial charge is 0.480 e. The van der Waals surface area contributed by atoms with E-state index in [0.717, 1.165) is 38.5 Å². The summed E-state index contributed by atoms with van der Waals surface area (Å²) >= 11 is 0. The van der Waals surface area contributed by atoms with Crippen molar-refractivity contribution in [2.75, 3.05) is 19.8 Å². The smallest absolute Gasteiger partial charge is 0.472 e. The predicted octanol–water partition coefficient (Wildman–Crippen LogP) is 17.1. The van der Waals surface area contributed by atoms with Crippen LogP contribution in [0.4, 0.5) is 0 Å². The van der Waals surface area contributed by atoms with Crippen LogP contribution in [0.15, 0.2) is 12.2 Å². The van der Waals surface area contributed by atoms with Gasteiger partial charge < -0.3 is 25.2 Å². The highest BCUT2D eigenvalue weighted by Gasteiger charge is 2.28. The molecule has 0 saturated heterocycles. The first-order chi connectivity index (χ1) is 33.6. The minimum atomic E-state index is -4.72. The molecule has 0 saturated carbocycles. The highest BCUT2D eigenvalue weighted by atomic mass is 31.2. The Morgan fingerprint density at radius 2 is 0.725 bits per heavy atom. The van der Waals surface area contributed by atoms with Crippen LogP contribution in [0.3, 0.4) is 0 Å². The first-order valence-corrected chi connectivity index (χ1v) is 30.7. The van der Waals surface area contributed by atoms with E-state index in [4.69, 9.17) is 29.4 Å². The Hall–Kier alpha value is -1.78. The molecule has 3 atom stereocenters. The van der Waals surface area contributed by atoms with Gasteiger partial charge in [0.15, 0.2) is 6.10 Å². The van der Waals surface area contributed by atoms with E-state index in [2.05, 4.69) is 26.0 Å². The number of rotatable bonds is 56. The lowest BCUT2D eigenvalue weighted by atomic mass is 10.0. The first kappa shape index (κ1) is 67.2. The maximum atomic E-state index is 12.7. The van der Waals surface area contributed by atoms with Gasteiger partial charge in [0, 0.05) is 12.8 Å². The number of allylic oxidation sites excluding steroid dienone is 2. The van der Waals surface area contributed by atoms with Crippen molar-refractivity contribution in [3.05, 3.63) is 12.2 Å². The van der Waals surface area contributed by atoms with Crippen molar-refractivity contribution >= 4 is 25.7 Å². The van der Waals surface area contributed by atoms with E-state index in [9.17, 15) is 23.8 Å². The third kappa shape index (κ3) is 52.4. The average molecular weight is 1000 g/mol. The van der Waals surface area contributed by atoms with E-state index in [1.807, 2.05) is 0 Å². The van der Waals surface area contributed by atoms with Gasteiger partial charge in [-0.3, -0.25) is 23.4 Å². The van der Waals surface area contributed by atoms with Gasteiger partial charge in [-0.05, 0) is 38.5 Å². The molecule has 0 spiro atoms. The maximum Gasteiger partial charge on any atom is 0.472 e. The summed E-state index contributed by atoms with van der Waals surface area (Å²) in [5, 5.41) is 8.95. The fraction of sp³-hybridized carbons (Fsp3) is 0.912. The molecule has 0 amide bonds. The zero-order chi connectivity index (χ0) is 50.6. The number of carbonyl (C=O) groups excluding carboxylic acids is 2. The van der Waals surface area contributed by atoms with Crippen molar-refractivity contribution in [3.63, 3.8) is 0 Å². The predicted molar refractivity (Wildman–Crippen MR) is 286 cm³/mol. The van der Waals surface area contributed by atoms with E-state index in [0.29, 0.717) is 12.8 Å². The molecule has 408 valence electrons. The van der Waals surface area contributed by atoms with Crippen LogP contribution in [-0.2, 0) is 37.5 Å². The lowest BCUT2D eigenvalue weighted by Gasteiger charge is -2.20. The van der Waals surface area contributed by atoms with Gasteiger partial charge in [0.25, 0.3) is 0 Å². The van der Waals surface area contributed by atoms with Gasteiger partial charge in [-0.25, -0.2) is 4.57 Å². The van der Waals surface area contributed by atoms with E-state index < -0.39 is 51.1 Å². The number of ether oxygens (including phenoxy) is 2. The molecule has 69 heavy (non-hydrogen) atoms. The van der Waals surface area contributed by atoms with Crippen molar-refractivity contribution in [2.45, 2.75) is 315 Å². The molecule has 4 N–H and O–H groups in total. The Labute approximate surface area is 424 Å². The van der Waals surface area contributed by atoms with Gasteiger partial charge in [0.1, 0.15) is 12.6 Å². The van der Waals surface area contributed by atoms with Gasteiger partial charge in [0.05, 0.1) is 13.2 Å². The number of phosphoric ester groups is 1. The molecule has 0 rings (SSSR count). The second-order valence-corrected chi connectivity index (χ2v) is 21.6. The van der Waals surface area contributed by atoms with Crippen LogP contribution in [0.5, 0.6) is 0 Å². The number of carboxylic acids is 1. The Balaban J connectivity index is 4.12. The first-order valence-electron chi connectivity index (χ1n) is 29.2. The number of nitrogens with two attached hydrogens (primary N) is 1. The second-order valence-electron chi connectivity index (χ2n) is 20.1. The summed E-state index contributed by atoms with van der Waals surface area (Å²) in [6.07, 6.45) is 58.6. The molecule has 3 unspecified atom stereocenters. The van der Waals surface area contributed by atoms with Crippen LogP contribution in [0, 0.1) is 0 Å². The molecule has 0 bridgehead atoms. The van der Waals surface area contributed by atoms with Gasteiger partial charge in [0.2, 0.25) is 0 Å². The Morgan fingerprint density at radius 3 is 1.06 bits per heavy atom. The number of aliphatic carboxylic acids is 1. The molecule has 11 nitrogen and oxygen atoms in total. The van der Waals surface area contributed by atoms with E-state index in [1.165, 1.54) is 225 Å². The molecule has 0 aromatic rings. The molecule has 0 radical (unpaired) electrons. The number of esters is 2. The molecular formula is C57H110NO10P. The van der Waals surface area contributed by atoms with Gasteiger partial charge in [-0.1, -0.05) is 264 Å². The maximum absolute atomic E-state index is 12.7. The summed E-state index contributed by atoms with van der Waals surface area (Å²) in [4.78, 5) is 46.3. The molecular weight excluding hydrogens is 890 g/mol. The van der Waals surface area contributed by atoms with Gasteiger partial charge in [-0.2, -0.15) is 0 Å². The molecule has 0 aromatic carbocycles. The minimum absolute atomic E-state index is 0.166. The zero-order valence-electron chi connectivity index (χ0n) is 44.9. The average Bonchev–Trinajstić information content (AvgIpc) is 3.33. The molecule has 0 fully saturated rings. The monoisotopic (exact) mass is 1000 g/mol. The van der Waals surface area contributed by atoms with Gasteiger partial charge in [-0.15, -0.1) is 0 Å². The summed E-state index contributed by atoms with van der Waals surface area (Å²) in [5.41, 5.74) is 5.37. The lowest BCUT2D eigenvalue weighted by Crippen LogP contribution is -2.34. The van der Waals surface area contributed by atoms with Crippen LogP contribution < -0.4 is 5.73 Å². The third-order valence-electron chi connectivity index (χ3n) is 13.3. The van der Waals surface area contributed by atoms with E-state index in [1.54, 1.807) is 0 Å². The molecule has 0 aliphatic rings. The molecule has 12 heteroatoms. The number of phosphoric acid groups is 1. The lowest BCUT2D eigenvalue weighted by molar-refractivity contribution is -0.161. The van der Waals surface area contributed by atoms with E-state index in [-0.39, 0.29) is 19.4 Å². The number of unbranched alkanes of at least 4 members (excludes halogenated alkanes) is 40. The van der Waals surface area contributed by atoms with Crippen molar-refractivity contribution < 1.29 is 47.5 Å². The summed E-state index contributed by atoms with van der Waals surface area (Å²) < 4.78 is 33.0. The quantitative estimate of drug-likeness (QED) is 0.0229. The summed E-state index contributed by atoms with van der Waals surface area (Å²) in [6, 6.07) is -1.52. The van der Waals surface area contributed by atoms with Crippen molar-refractivity contribution in [2.24, 2.45) is 5.73 Å². The third-order valence-corrected chi connectivity index (χ3v) is 14.2. The molecule has 0 aliphatic carbocycles. The highest BCUT2D eigenvalue weighted by molar-refractivity contribution is 7.47. The van der Waals surface area contributed by atoms with Crippen molar-refractivity contribution in [1.29, 1.82) is 0 Å². The summed E-state index contributed by atoms with van der Waals surface area (Å²) in [5.74, 6) is -2.35. The van der Waals surface area contributed by atoms with Crippen LogP contribution in [0.25, 0.3) is 0 Å². The highest BCUT2D eigenvalue weighted by Crippen LogP contribution is 2.43. The molecule has 0 heterocycles. The topological polar surface area (TPSA) is 172 Å². The molecule has 0 aromatic heterocycles. The normalized spacial score (nSPS) is 13.4. The summed E-state index contributed by atoms with van der Waals surface area (Å²) in [6.45, 7) is 2.88. The minimum Gasteiger partial charge on any atom is -0.480 e. The zero-order valence-corrected chi connectivity index (χ0v) is 45.8.